The van der Waals surface area contributed by atoms with Crippen LogP contribution in [0, 0.1) is 0 Å². The van der Waals surface area contributed by atoms with Crippen LogP contribution < -0.4 is 0 Å². The second-order valence-corrected chi connectivity index (χ2v) is 7.76. The van der Waals surface area contributed by atoms with Crippen molar-refractivity contribution < 1.29 is 0 Å². The highest BCUT2D eigenvalue weighted by molar-refractivity contribution is 9.10. The molecule has 0 aliphatic heterocycles. The van der Waals surface area contributed by atoms with E-state index in [-0.39, 0.29) is 0 Å². The van der Waals surface area contributed by atoms with E-state index in [1.807, 2.05) is 0 Å². The van der Waals surface area contributed by atoms with Gasteiger partial charge in [0.1, 0.15) is 0 Å². The first kappa shape index (κ1) is 16.3. The summed E-state index contributed by atoms with van der Waals surface area (Å²) in [6.45, 7) is 0. The Kier molecular flexibility index (Phi) is 4.03. The highest BCUT2D eigenvalue weighted by Gasteiger charge is 2.04. The Bertz CT molecular complexity index is 1270. The average Bonchev–Trinajstić information content (AvgIpc) is 2.73. The van der Waals surface area contributed by atoms with Gasteiger partial charge in [-0.15, -0.1) is 0 Å². The van der Waals surface area contributed by atoms with Crippen molar-refractivity contribution in [1.29, 1.82) is 0 Å². The van der Waals surface area contributed by atoms with Crippen LogP contribution in [0.15, 0.2) is 108 Å². The van der Waals surface area contributed by atoms with E-state index in [4.69, 9.17) is 0 Å². The van der Waals surface area contributed by atoms with Crippen LogP contribution >= 0.6 is 15.9 Å². The highest BCUT2D eigenvalue weighted by Crippen LogP contribution is 2.30. The topological polar surface area (TPSA) is 0 Å². The predicted molar refractivity (Wildman–Crippen MR) is 120 cm³/mol. The van der Waals surface area contributed by atoms with Gasteiger partial charge in [0.2, 0.25) is 0 Å². The number of halogens is 1. The van der Waals surface area contributed by atoms with Gasteiger partial charge in [-0.1, -0.05) is 88.7 Å². The largest absolute Gasteiger partial charge is 0.0616 e. The van der Waals surface area contributed by atoms with Gasteiger partial charge in [0, 0.05) is 4.47 Å². The molecule has 0 aliphatic carbocycles. The van der Waals surface area contributed by atoms with E-state index in [0.29, 0.717) is 0 Å². The molecule has 0 aromatic heterocycles. The van der Waals surface area contributed by atoms with E-state index in [1.54, 1.807) is 0 Å². The van der Waals surface area contributed by atoms with E-state index in [2.05, 4.69) is 119 Å². The van der Waals surface area contributed by atoms with Crippen LogP contribution in [0.4, 0.5) is 0 Å². The van der Waals surface area contributed by atoms with Crippen molar-refractivity contribution in [3.63, 3.8) is 0 Å². The molecule has 1 heteroatoms. The van der Waals surface area contributed by atoms with E-state index < -0.39 is 0 Å². The Morgan fingerprint density at radius 3 is 1.37 bits per heavy atom. The van der Waals surface area contributed by atoms with Gasteiger partial charge >= 0.3 is 0 Å². The van der Waals surface area contributed by atoms with Gasteiger partial charge in [0.25, 0.3) is 0 Å². The standard InChI is InChI=1S/C26H17Br/c27-26-13-11-19(12-14-26)21-7-8-24-17-25(10-9-23(24)16-21)22-6-5-18-3-1-2-4-20(18)15-22/h1-17H. The second-order valence-electron chi connectivity index (χ2n) is 6.85. The van der Waals surface area contributed by atoms with Crippen LogP contribution in [0.25, 0.3) is 43.8 Å². The Labute approximate surface area is 167 Å². The lowest BCUT2D eigenvalue weighted by Gasteiger charge is -2.08. The zero-order valence-electron chi connectivity index (χ0n) is 14.7. The molecule has 0 radical (unpaired) electrons. The van der Waals surface area contributed by atoms with Gasteiger partial charge in [0.15, 0.2) is 0 Å². The zero-order chi connectivity index (χ0) is 18.2. The van der Waals surface area contributed by atoms with Crippen LogP contribution in [0.2, 0.25) is 0 Å². The summed E-state index contributed by atoms with van der Waals surface area (Å²) in [7, 11) is 0. The third kappa shape index (κ3) is 3.15. The van der Waals surface area contributed by atoms with Gasteiger partial charge in [-0.05, 0) is 74.1 Å². The molecule has 27 heavy (non-hydrogen) atoms. The summed E-state index contributed by atoms with van der Waals surface area (Å²) >= 11 is 3.50. The molecule has 0 saturated heterocycles. The minimum Gasteiger partial charge on any atom is -0.0616 e. The van der Waals surface area contributed by atoms with Crippen LogP contribution in [0.3, 0.4) is 0 Å². The summed E-state index contributed by atoms with van der Waals surface area (Å²) < 4.78 is 1.10. The van der Waals surface area contributed by atoms with Crippen LogP contribution in [-0.4, -0.2) is 0 Å². The summed E-state index contributed by atoms with van der Waals surface area (Å²) in [5.74, 6) is 0. The minimum atomic E-state index is 1.10. The Balaban J connectivity index is 1.56. The lowest BCUT2D eigenvalue weighted by Crippen LogP contribution is -1.82. The molecule has 0 fully saturated rings. The van der Waals surface area contributed by atoms with E-state index >= 15 is 0 Å². The van der Waals surface area contributed by atoms with Crippen molar-refractivity contribution in [2.45, 2.75) is 0 Å². The van der Waals surface area contributed by atoms with Crippen molar-refractivity contribution in [1.82, 2.24) is 0 Å². The maximum Gasteiger partial charge on any atom is 0.0175 e. The number of hydrogen-bond donors (Lipinski definition) is 0. The van der Waals surface area contributed by atoms with E-state index in [1.165, 1.54) is 43.8 Å². The normalized spacial score (nSPS) is 11.1. The average molecular weight is 409 g/mol. The first-order valence-electron chi connectivity index (χ1n) is 9.05. The summed E-state index contributed by atoms with van der Waals surface area (Å²) in [6, 6.07) is 37.1. The zero-order valence-corrected chi connectivity index (χ0v) is 16.3. The van der Waals surface area contributed by atoms with Crippen molar-refractivity contribution in [3.8, 4) is 22.3 Å². The molecule has 5 aromatic carbocycles. The molecule has 128 valence electrons. The highest BCUT2D eigenvalue weighted by atomic mass is 79.9. The fourth-order valence-corrected chi connectivity index (χ4v) is 3.88. The molecule has 0 atom stereocenters. The predicted octanol–water partition coefficient (Wildman–Crippen LogP) is 8.09. The van der Waals surface area contributed by atoms with Gasteiger partial charge < -0.3 is 0 Å². The lowest BCUT2D eigenvalue weighted by molar-refractivity contribution is 1.61. The van der Waals surface area contributed by atoms with Crippen LogP contribution in [-0.2, 0) is 0 Å². The number of benzene rings is 5. The molecule has 5 rings (SSSR count). The Morgan fingerprint density at radius 2 is 0.778 bits per heavy atom. The summed E-state index contributed by atoms with van der Waals surface area (Å²) in [6.07, 6.45) is 0. The third-order valence-corrected chi connectivity index (χ3v) is 5.63. The summed E-state index contributed by atoms with van der Waals surface area (Å²) in [4.78, 5) is 0. The molecule has 0 heterocycles. The molecule has 0 bridgehead atoms. The monoisotopic (exact) mass is 408 g/mol. The van der Waals surface area contributed by atoms with E-state index in [9.17, 15) is 0 Å². The first-order chi connectivity index (χ1) is 13.3. The van der Waals surface area contributed by atoms with Crippen LogP contribution in [0.1, 0.15) is 0 Å². The minimum absolute atomic E-state index is 1.10. The Hall–Kier alpha value is -2.90. The summed E-state index contributed by atoms with van der Waals surface area (Å²) in [5.41, 5.74) is 4.99. The third-order valence-electron chi connectivity index (χ3n) is 5.10. The molecule has 0 N–H and O–H groups in total. The van der Waals surface area contributed by atoms with Gasteiger partial charge in [-0.3, -0.25) is 0 Å². The number of hydrogen-bond acceptors (Lipinski definition) is 0. The molecule has 0 unspecified atom stereocenters. The fraction of sp³-hybridized carbons (Fsp3) is 0. The molecular weight excluding hydrogens is 392 g/mol. The quantitative estimate of drug-likeness (QED) is 0.276. The van der Waals surface area contributed by atoms with Crippen molar-refractivity contribution in [2.24, 2.45) is 0 Å². The maximum atomic E-state index is 3.50. The molecule has 0 spiro atoms. The fourth-order valence-electron chi connectivity index (χ4n) is 3.62. The number of fused-ring (bicyclic) bond motifs is 2. The summed E-state index contributed by atoms with van der Waals surface area (Å²) in [5, 5.41) is 5.09. The number of rotatable bonds is 2. The SMILES string of the molecule is Brc1ccc(-c2ccc3cc(-c4ccc5ccccc5c4)ccc3c2)cc1. The van der Waals surface area contributed by atoms with Gasteiger partial charge in [0.05, 0.1) is 0 Å². The van der Waals surface area contributed by atoms with Crippen molar-refractivity contribution in [2.75, 3.05) is 0 Å². The molecule has 5 aromatic rings. The molecule has 0 saturated carbocycles. The van der Waals surface area contributed by atoms with Crippen molar-refractivity contribution in [3.05, 3.63) is 108 Å². The molecule has 0 amide bonds. The molecule has 0 aliphatic rings. The lowest BCUT2D eigenvalue weighted by atomic mass is 9.96. The van der Waals surface area contributed by atoms with Gasteiger partial charge in [-0.25, -0.2) is 0 Å². The van der Waals surface area contributed by atoms with Gasteiger partial charge in [-0.2, -0.15) is 0 Å². The smallest absolute Gasteiger partial charge is 0.0175 e. The first-order valence-corrected chi connectivity index (χ1v) is 9.84. The maximum absolute atomic E-state index is 3.50. The second kappa shape index (κ2) is 6.68. The molecule has 0 nitrogen and oxygen atoms in total. The van der Waals surface area contributed by atoms with E-state index in [0.717, 1.165) is 4.47 Å². The Morgan fingerprint density at radius 1 is 0.370 bits per heavy atom. The van der Waals surface area contributed by atoms with Crippen LogP contribution in [0.5, 0.6) is 0 Å². The van der Waals surface area contributed by atoms with Crippen molar-refractivity contribution >= 4 is 37.5 Å². The molecular formula is C26H17Br.